The van der Waals surface area contributed by atoms with E-state index in [2.05, 4.69) is 25.1 Å². The van der Waals surface area contributed by atoms with Crippen molar-refractivity contribution in [2.24, 2.45) is 11.8 Å². The first-order valence-corrected chi connectivity index (χ1v) is 9.77. The van der Waals surface area contributed by atoms with Crippen LogP contribution in [0.25, 0.3) is 12.2 Å². The Labute approximate surface area is 173 Å². The van der Waals surface area contributed by atoms with Crippen molar-refractivity contribution in [3.05, 3.63) is 106 Å². The molecule has 0 spiro atoms. The Morgan fingerprint density at radius 2 is 1.38 bits per heavy atom. The van der Waals surface area contributed by atoms with Crippen LogP contribution in [0.2, 0.25) is 0 Å². The van der Waals surface area contributed by atoms with Crippen molar-refractivity contribution < 1.29 is 0 Å². The minimum atomic E-state index is 0.00405. The van der Waals surface area contributed by atoms with Crippen LogP contribution in [0.15, 0.2) is 83.5 Å². The van der Waals surface area contributed by atoms with E-state index in [9.17, 15) is 10.5 Å². The summed E-state index contributed by atoms with van der Waals surface area (Å²) in [5.41, 5.74) is 6.70. The molecular formula is C27H24N2. The Kier molecular flexibility index (Phi) is 6.28. The molecule has 142 valence electrons. The highest BCUT2D eigenvalue weighted by molar-refractivity contribution is 5.67. The molecular weight excluding hydrogens is 352 g/mol. The molecule has 0 aromatic heterocycles. The van der Waals surface area contributed by atoms with E-state index in [-0.39, 0.29) is 11.8 Å². The lowest BCUT2D eigenvalue weighted by Gasteiger charge is -2.22. The third-order valence-corrected chi connectivity index (χ3v) is 5.20. The summed E-state index contributed by atoms with van der Waals surface area (Å²) in [6.45, 7) is 6.19. The number of aryl methyl sites for hydroxylation is 2. The van der Waals surface area contributed by atoms with Crippen molar-refractivity contribution in [1.82, 2.24) is 0 Å². The number of nitrogens with zero attached hydrogens (tertiary/aromatic N) is 2. The van der Waals surface area contributed by atoms with Crippen LogP contribution in [0.1, 0.15) is 29.2 Å². The molecule has 0 aliphatic heterocycles. The van der Waals surface area contributed by atoms with Crippen molar-refractivity contribution in [3.8, 4) is 12.1 Å². The fraction of sp³-hybridized carbons (Fsp3) is 0.185. The topological polar surface area (TPSA) is 47.6 Å². The summed E-state index contributed by atoms with van der Waals surface area (Å²) in [6.07, 6.45) is 9.97. The van der Waals surface area contributed by atoms with Gasteiger partial charge in [-0.3, -0.25) is 0 Å². The molecule has 29 heavy (non-hydrogen) atoms. The molecule has 2 aromatic carbocycles. The highest BCUT2D eigenvalue weighted by Gasteiger charge is 2.22. The van der Waals surface area contributed by atoms with Gasteiger partial charge in [-0.15, -0.1) is 0 Å². The molecule has 2 unspecified atom stereocenters. The summed E-state index contributed by atoms with van der Waals surface area (Å²) < 4.78 is 0. The standard InChI is InChI=1S/C27H24N2/c1-19-4-8-22(9-5-19)15-25(17-28)24-12-13-27(21(3)14-24)26(18-29)16-23-10-6-20(2)7-11-23/h4-16,21,27H,1-3H3/b25-15+,26-16+. The van der Waals surface area contributed by atoms with E-state index in [0.29, 0.717) is 5.57 Å². The van der Waals surface area contributed by atoms with Gasteiger partial charge in [0.15, 0.2) is 0 Å². The van der Waals surface area contributed by atoms with Crippen LogP contribution in [-0.4, -0.2) is 0 Å². The van der Waals surface area contributed by atoms with Gasteiger partial charge in [-0.2, -0.15) is 10.5 Å². The smallest absolute Gasteiger partial charge is 0.0998 e. The number of allylic oxidation sites excluding steroid dienone is 6. The van der Waals surface area contributed by atoms with Crippen molar-refractivity contribution in [3.63, 3.8) is 0 Å². The van der Waals surface area contributed by atoms with Gasteiger partial charge in [0.05, 0.1) is 17.7 Å². The minimum absolute atomic E-state index is 0.00405. The van der Waals surface area contributed by atoms with Crippen LogP contribution in [0.4, 0.5) is 0 Å². The third-order valence-electron chi connectivity index (χ3n) is 5.20. The summed E-state index contributed by atoms with van der Waals surface area (Å²) in [5.74, 6) is 0.130. The Balaban J connectivity index is 1.85. The van der Waals surface area contributed by atoms with Gasteiger partial charge in [0.2, 0.25) is 0 Å². The van der Waals surface area contributed by atoms with E-state index in [1.165, 1.54) is 11.1 Å². The van der Waals surface area contributed by atoms with E-state index >= 15 is 0 Å². The zero-order valence-electron chi connectivity index (χ0n) is 17.1. The van der Waals surface area contributed by atoms with Gasteiger partial charge < -0.3 is 0 Å². The van der Waals surface area contributed by atoms with Gasteiger partial charge in [0, 0.05) is 11.5 Å². The number of nitriles is 2. The second-order valence-electron chi connectivity index (χ2n) is 7.57. The van der Waals surface area contributed by atoms with E-state index < -0.39 is 0 Å². The summed E-state index contributed by atoms with van der Waals surface area (Å²) in [7, 11) is 0. The first-order valence-electron chi connectivity index (χ1n) is 9.77. The molecule has 0 radical (unpaired) electrons. The lowest BCUT2D eigenvalue weighted by atomic mass is 9.80. The number of rotatable bonds is 4. The average molecular weight is 377 g/mol. The molecule has 0 N–H and O–H groups in total. The summed E-state index contributed by atoms with van der Waals surface area (Å²) in [5, 5.41) is 19.4. The van der Waals surface area contributed by atoms with Crippen molar-refractivity contribution in [2.45, 2.75) is 20.8 Å². The van der Waals surface area contributed by atoms with Crippen molar-refractivity contribution in [1.29, 1.82) is 10.5 Å². The SMILES string of the molecule is Cc1ccc(/C=C(\C#N)C2=CC(C)C(/C(C#N)=C/c3ccc(C)cc3)C=C2)cc1. The van der Waals surface area contributed by atoms with Gasteiger partial charge in [-0.1, -0.05) is 84.8 Å². The molecule has 2 atom stereocenters. The Bertz CT molecular complexity index is 1080. The van der Waals surface area contributed by atoms with Gasteiger partial charge in [-0.05, 0) is 48.6 Å². The van der Waals surface area contributed by atoms with Gasteiger partial charge in [0.1, 0.15) is 0 Å². The molecule has 1 aliphatic rings. The minimum Gasteiger partial charge on any atom is -0.193 e. The second-order valence-corrected chi connectivity index (χ2v) is 7.57. The predicted octanol–water partition coefficient (Wildman–Crippen LogP) is 6.57. The second kappa shape index (κ2) is 9.05. The molecule has 0 heterocycles. The summed E-state index contributed by atoms with van der Waals surface area (Å²) in [4.78, 5) is 0. The van der Waals surface area contributed by atoms with E-state index in [0.717, 1.165) is 22.3 Å². The lowest BCUT2D eigenvalue weighted by molar-refractivity contribution is 0.587. The molecule has 3 rings (SSSR count). The van der Waals surface area contributed by atoms with Crippen molar-refractivity contribution >= 4 is 12.2 Å². The molecule has 0 saturated carbocycles. The lowest BCUT2D eigenvalue weighted by Crippen LogP contribution is -2.13. The third kappa shape index (κ3) is 5.01. The molecule has 2 heteroatoms. The zero-order valence-corrected chi connectivity index (χ0v) is 17.1. The fourth-order valence-electron chi connectivity index (χ4n) is 3.45. The first-order chi connectivity index (χ1) is 14.0. The predicted molar refractivity (Wildman–Crippen MR) is 119 cm³/mol. The van der Waals surface area contributed by atoms with E-state index in [1.807, 2.05) is 86.7 Å². The Hall–Kier alpha value is -3.62. The van der Waals surface area contributed by atoms with Crippen LogP contribution >= 0.6 is 0 Å². The van der Waals surface area contributed by atoms with Crippen LogP contribution < -0.4 is 0 Å². The summed E-state index contributed by atoms with van der Waals surface area (Å²) >= 11 is 0. The molecule has 0 saturated heterocycles. The zero-order chi connectivity index (χ0) is 20.8. The largest absolute Gasteiger partial charge is 0.193 e. The van der Waals surface area contributed by atoms with Crippen LogP contribution in [-0.2, 0) is 0 Å². The maximum atomic E-state index is 9.71. The van der Waals surface area contributed by atoms with Gasteiger partial charge in [-0.25, -0.2) is 0 Å². The molecule has 2 nitrogen and oxygen atoms in total. The van der Waals surface area contributed by atoms with Crippen LogP contribution in [0.3, 0.4) is 0 Å². The maximum Gasteiger partial charge on any atom is 0.0998 e. The van der Waals surface area contributed by atoms with E-state index in [4.69, 9.17) is 0 Å². The molecule has 2 aromatic rings. The number of benzene rings is 2. The molecule has 0 fully saturated rings. The van der Waals surface area contributed by atoms with Crippen LogP contribution in [0.5, 0.6) is 0 Å². The first kappa shape index (κ1) is 20.1. The molecule has 0 amide bonds. The summed E-state index contributed by atoms with van der Waals surface area (Å²) in [6, 6.07) is 21.0. The highest BCUT2D eigenvalue weighted by Crippen LogP contribution is 2.32. The van der Waals surface area contributed by atoms with Crippen LogP contribution in [0, 0.1) is 48.3 Å². The van der Waals surface area contributed by atoms with Gasteiger partial charge in [0.25, 0.3) is 0 Å². The Morgan fingerprint density at radius 3 is 1.86 bits per heavy atom. The highest BCUT2D eigenvalue weighted by atomic mass is 14.3. The molecule has 1 aliphatic carbocycles. The molecule has 0 bridgehead atoms. The van der Waals surface area contributed by atoms with E-state index in [1.54, 1.807) is 0 Å². The van der Waals surface area contributed by atoms with Crippen molar-refractivity contribution in [2.75, 3.05) is 0 Å². The fourth-order valence-corrected chi connectivity index (χ4v) is 3.45. The normalized spacial score (nSPS) is 19.3. The Morgan fingerprint density at radius 1 is 0.828 bits per heavy atom. The average Bonchev–Trinajstić information content (AvgIpc) is 2.73. The quantitative estimate of drug-likeness (QED) is 0.567. The number of hydrogen-bond acceptors (Lipinski definition) is 2. The van der Waals surface area contributed by atoms with Gasteiger partial charge >= 0.3 is 0 Å². The monoisotopic (exact) mass is 376 g/mol. The maximum absolute atomic E-state index is 9.71. The number of hydrogen-bond donors (Lipinski definition) is 0.